The number of ketones is 1. The first-order valence-electron chi connectivity index (χ1n) is 9.33. The van der Waals surface area contributed by atoms with Crippen LogP contribution in [0.25, 0.3) is 0 Å². The van der Waals surface area contributed by atoms with E-state index in [0.717, 1.165) is 24.8 Å². The highest BCUT2D eigenvalue weighted by molar-refractivity contribution is 7.80. The summed E-state index contributed by atoms with van der Waals surface area (Å²) in [6, 6.07) is 29.3. The molecule has 0 spiro atoms. The number of hydrogen-bond donors (Lipinski definition) is 0. The molecular formula is C24H25OP. The summed E-state index contributed by atoms with van der Waals surface area (Å²) in [7, 11) is -0.739. The fraction of sp³-hybridized carbons (Fsp3) is 0.208. The average Bonchev–Trinajstić information content (AvgIpc) is 2.70. The molecule has 0 radical (unpaired) electrons. The van der Waals surface area contributed by atoms with Crippen molar-refractivity contribution in [1.29, 1.82) is 0 Å². The number of hydrogen-bond acceptors (Lipinski definition) is 1. The Morgan fingerprint density at radius 1 is 0.731 bits per heavy atom. The molecule has 0 saturated heterocycles. The van der Waals surface area contributed by atoms with Crippen LogP contribution in [0.3, 0.4) is 0 Å². The zero-order chi connectivity index (χ0) is 18.2. The van der Waals surface area contributed by atoms with Crippen LogP contribution in [0.15, 0.2) is 84.9 Å². The Morgan fingerprint density at radius 3 is 1.85 bits per heavy atom. The second-order valence-electron chi connectivity index (χ2n) is 6.40. The van der Waals surface area contributed by atoms with E-state index in [0.29, 0.717) is 6.42 Å². The van der Waals surface area contributed by atoms with Crippen molar-refractivity contribution in [2.45, 2.75) is 32.6 Å². The quantitative estimate of drug-likeness (QED) is 0.306. The van der Waals surface area contributed by atoms with Crippen LogP contribution in [0, 0.1) is 0 Å². The van der Waals surface area contributed by atoms with Crippen LogP contribution >= 0.6 is 7.92 Å². The first-order chi connectivity index (χ1) is 12.8. The lowest BCUT2D eigenvalue weighted by Crippen LogP contribution is -2.25. The van der Waals surface area contributed by atoms with Gasteiger partial charge in [-0.3, -0.25) is 4.79 Å². The number of carbonyl (C=O) groups is 1. The van der Waals surface area contributed by atoms with Gasteiger partial charge in [-0.2, -0.15) is 0 Å². The molecule has 0 unspecified atom stereocenters. The van der Waals surface area contributed by atoms with Crippen molar-refractivity contribution < 1.29 is 4.79 Å². The van der Waals surface area contributed by atoms with E-state index in [1.807, 2.05) is 24.3 Å². The van der Waals surface area contributed by atoms with E-state index in [1.54, 1.807) is 0 Å². The Balaban J connectivity index is 2.04. The van der Waals surface area contributed by atoms with Crippen LogP contribution in [0.4, 0.5) is 0 Å². The van der Waals surface area contributed by atoms with Crippen molar-refractivity contribution in [2.75, 3.05) is 0 Å². The largest absolute Gasteiger partial charge is 0.294 e. The summed E-state index contributed by atoms with van der Waals surface area (Å²) in [5.41, 5.74) is 0.891. The molecule has 0 aromatic heterocycles. The Kier molecular flexibility index (Phi) is 6.75. The van der Waals surface area contributed by atoms with Crippen molar-refractivity contribution in [3.8, 4) is 0 Å². The van der Waals surface area contributed by atoms with Gasteiger partial charge in [-0.1, -0.05) is 105 Å². The van der Waals surface area contributed by atoms with E-state index < -0.39 is 7.92 Å². The highest BCUT2D eigenvalue weighted by atomic mass is 31.1. The maximum absolute atomic E-state index is 12.9. The molecule has 0 heterocycles. The smallest absolute Gasteiger partial charge is 0.163 e. The first kappa shape index (κ1) is 18.5. The number of carbonyl (C=O) groups excluding carboxylic acids is 1. The second kappa shape index (κ2) is 9.46. The third kappa shape index (κ3) is 4.48. The average molecular weight is 360 g/mol. The molecule has 0 bridgehead atoms. The molecule has 0 fully saturated rings. The molecule has 3 aromatic carbocycles. The van der Waals surface area contributed by atoms with Gasteiger partial charge in [0, 0.05) is 12.0 Å². The van der Waals surface area contributed by atoms with Crippen LogP contribution in [-0.4, -0.2) is 5.78 Å². The number of benzene rings is 3. The highest BCUT2D eigenvalue weighted by Crippen LogP contribution is 2.34. The fourth-order valence-corrected chi connectivity index (χ4v) is 5.63. The SMILES string of the molecule is CCCCCC(=O)c1ccccc1P(c1ccccc1)c1ccccc1. The van der Waals surface area contributed by atoms with Gasteiger partial charge < -0.3 is 0 Å². The summed E-state index contributed by atoms with van der Waals surface area (Å²) < 4.78 is 0. The van der Waals surface area contributed by atoms with Crippen molar-refractivity contribution in [3.63, 3.8) is 0 Å². The zero-order valence-electron chi connectivity index (χ0n) is 15.3. The van der Waals surface area contributed by atoms with Crippen molar-refractivity contribution >= 4 is 29.6 Å². The first-order valence-corrected chi connectivity index (χ1v) is 10.7. The van der Waals surface area contributed by atoms with Crippen LogP contribution in [0.1, 0.15) is 43.0 Å². The lowest BCUT2D eigenvalue weighted by Gasteiger charge is -2.21. The van der Waals surface area contributed by atoms with E-state index in [4.69, 9.17) is 0 Å². The van der Waals surface area contributed by atoms with E-state index in [1.165, 1.54) is 15.9 Å². The maximum Gasteiger partial charge on any atom is 0.163 e. The molecule has 0 aliphatic carbocycles. The molecule has 0 N–H and O–H groups in total. The summed E-state index contributed by atoms with van der Waals surface area (Å²) in [5.74, 6) is 0.272. The minimum atomic E-state index is -0.739. The van der Waals surface area contributed by atoms with Gasteiger partial charge in [-0.15, -0.1) is 0 Å². The van der Waals surface area contributed by atoms with Gasteiger partial charge in [-0.05, 0) is 30.3 Å². The lowest BCUT2D eigenvalue weighted by atomic mass is 10.0. The van der Waals surface area contributed by atoms with Gasteiger partial charge in [0.25, 0.3) is 0 Å². The normalized spacial score (nSPS) is 10.8. The maximum atomic E-state index is 12.9. The third-order valence-corrected chi connectivity index (χ3v) is 6.98. The molecule has 0 aliphatic rings. The Hall–Kier alpha value is -2.24. The molecule has 0 atom stereocenters. The minimum absolute atomic E-state index is 0.272. The molecule has 26 heavy (non-hydrogen) atoms. The van der Waals surface area contributed by atoms with E-state index in [2.05, 4.69) is 67.6 Å². The third-order valence-electron chi connectivity index (χ3n) is 4.48. The fourth-order valence-electron chi connectivity index (χ4n) is 3.16. The summed E-state index contributed by atoms with van der Waals surface area (Å²) in [4.78, 5) is 12.9. The Bertz CT molecular complexity index is 788. The van der Waals surface area contributed by atoms with Crippen molar-refractivity contribution in [1.82, 2.24) is 0 Å². The number of Topliss-reactive ketones (excluding diaryl/α,β-unsaturated/α-hetero) is 1. The van der Waals surface area contributed by atoms with E-state index >= 15 is 0 Å². The van der Waals surface area contributed by atoms with Gasteiger partial charge in [0.1, 0.15) is 0 Å². The Morgan fingerprint density at radius 2 is 1.27 bits per heavy atom. The van der Waals surface area contributed by atoms with Crippen LogP contribution < -0.4 is 15.9 Å². The van der Waals surface area contributed by atoms with Gasteiger partial charge >= 0.3 is 0 Å². The summed E-state index contributed by atoms with van der Waals surface area (Å²) in [6.45, 7) is 2.17. The van der Waals surface area contributed by atoms with Crippen LogP contribution in [-0.2, 0) is 0 Å². The van der Waals surface area contributed by atoms with Gasteiger partial charge in [-0.25, -0.2) is 0 Å². The predicted molar refractivity (Wildman–Crippen MR) is 114 cm³/mol. The van der Waals surface area contributed by atoms with Gasteiger partial charge in [0.05, 0.1) is 0 Å². The summed E-state index contributed by atoms with van der Waals surface area (Å²) in [6.07, 6.45) is 3.85. The van der Waals surface area contributed by atoms with Crippen molar-refractivity contribution in [3.05, 3.63) is 90.5 Å². The summed E-state index contributed by atoms with van der Waals surface area (Å²) >= 11 is 0. The molecule has 3 aromatic rings. The molecular weight excluding hydrogens is 335 g/mol. The van der Waals surface area contributed by atoms with Gasteiger partial charge in [0.2, 0.25) is 0 Å². The number of rotatable bonds is 8. The highest BCUT2D eigenvalue weighted by Gasteiger charge is 2.21. The van der Waals surface area contributed by atoms with Crippen LogP contribution in [0.5, 0.6) is 0 Å². The topological polar surface area (TPSA) is 17.1 Å². The molecule has 0 aliphatic heterocycles. The molecule has 2 heteroatoms. The molecule has 1 nitrogen and oxygen atoms in total. The van der Waals surface area contributed by atoms with E-state index in [9.17, 15) is 4.79 Å². The standard InChI is InChI=1S/C24H25OP/c1-2-3-6-18-23(25)22-17-11-12-19-24(22)26(20-13-7-4-8-14-20)21-15-9-5-10-16-21/h4-5,7-17,19H,2-3,6,18H2,1H3. The van der Waals surface area contributed by atoms with E-state index in [-0.39, 0.29) is 5.78 Å². The second-order valence-corrected chi connectivity index (χ2v) is 8.59. The molecule has 3 rings (SSSR count). The monoisotopic (exact) mass is 360 g/mol. The Labute approximate surface area is 157 Å². The molecule has 132 valence electrons. The minimum Gasteiger partial charge on any atom is -0.294 e. The summed E-state index contributed by atoms with van der Waals surface area (Å²) in [5, 5.41) is 3.73. The zero-order valence-corrected chi connectivity index (χ0v) is 16.2. The van der Waals surface area contributed by atoms with Gasteiger partial charge in [0.15, 0.2) is 5.78 Å². The van der Waals surface area contributed by atoms with Crippen molar-refractivity contribution in [2.24, 2.45) is 0 Å². The molecule has 0 amide bonds. The van der Waals surface area contributed by atoms with Crippen LogP contribution in [0.2, 0.25) is 0 Å². The molecule has 0 saturated carbocycles. The predicted octanol–water partition coefficient (Wildman–Crippen LogP) is 5.21. The number of unbranched alkanes of at least 4 members (excludes halogenated alkanes) is 2. The lowest BCUT2D eigenvalue weighted by molar-refractivity contribution is 0.0980.